The van der Waals surface area contributed by atoms with E-state index in [2.05, 4.69) is 34.1 Å². The van der Waals surface area contributed by atoms with Gasteiger partial charge in [0.2, 0.25) is 0 Å². The standard InChI is InChI=1S/C18H17BrO2/c1-12(20)15-10-9-14(19)11-18(15)21-17-8-4-6-13-5-2-3-7-16(13)17/h2-3,5,7,9-11,17H,4,6,8H2,1H3. The van der Waals surface area contributed by atoms with Crippen LogP contribution in [0.25, 0.3) is 0 Å². The summed E-state index contributed by atoms with van der Waals surface area (Å²) in [6.07, 6.45) is 3.24. The molecule has 1 aliphatic rings. The normalized spacial score (nSPS) is 17.1. The van der Waals surface area contributed by atoms with Gasteiger partial charge in [-0.2, -0.15) is 0 Å². The summed E-state index contributed by atoms with van der Waals surface area (Å²) in [5.41, 5.74) is 3.24. The third-order valence-electron chi connectivity index (χ3n) is 3.91. The SMILES string of the molecule is CC(=O)c1ccc(Br)cc1OC1CCCc2ccccc21. The van der Waals surface area contributed by atoms with Crippen LogP contribution in [0.2, 0.25) is 0 Å². The molecular formula is C18H17BrO2. The monoisotopic (exact) mass is 344 g/mol. The van der Waals surface area contributed by atoms with Gasteiger partial charge >= 0.3 is 0 Å². The Morgan fingerprint density at radius 3 is 2.86 bits per heavy atom. The number of ether oxygens (including phenoxy) is 1. The van der Waals surface area contributed by atoms with Gasteiger partial charge < -0.3 is 4.74 Å². The summed E-state index contributed by atoms with van der Waals surface area (Å²) in [7, 11) is 0. The number of ketones is 1. The van der Waals surface area contributed by atoms with Crippen LogP contribution in [0.15, 0.2) is 46.9 Å². The molecule has 2 nitrogen and oxygen atoms in total. The zero-order valence-corrected chi connectivity index (χ0v) is 13.5. The number of aryl methyl sites for hydroxylation is 1. The number of rotatable bonds is 3. The van der Waals surface area contributed by atoms with Gasteiger partial charge in [-0.15, -0.1) is 0 Å². The molecule has 1 unspecified atom stereocenters. The van der Waals surface area contributed by atoms with E-state index in [-0.39, 0.29) is 11.9 Å². The van der Waals surface area contributed by atoms with Crippen LogP contribution in [0.5, 0.6) is 5.75 Å². The summed E-state index contributed by atoms with van der Waals surface area (Å²) >= 11 is 3.45. The zero-order valence-electron chi connectivity index (χ0n) is 11.9. The molecule has 0 fully saturated rings. The van der Waals surface area contributed by atoms with E-state index in [0.29, 0.717) is 11.3 Å². The molecule has 0 spiro atoms. The molecule has 2 aromatic carbocycles. The van der Waals surface area contributed by atoms with Gasteiger partial charge in [0, 0.05) is 4.47 Å². The molecule has 3 heteroatoms. The van der Waals surface area contributed by atoms with Gasteiger partial charge in [-0.05, 0) is 55.5 Å². The fourth-order valence-corrected chi connectivity index (χ4v) is 3.21. The summed E-state index contributed by atoms with van der Waals surface area (Å²) in [4.78, 5) is 11.8. The quantitative estimate of drug-likeness (QED) is 0.723. The lowest BCUT2D eigenvalue weighted by atomic mass is 9.89. The average molecular weight is 345 g/mol. The number of fused-ring (bicyclic) bond motifs is 1. The Kier molecular flexibility index (Phi) is 4.11. The topological polar surface area (TPSA) is 26.3 Å². The fraction of sp³-hybridized carbons (Fsp3) is 0.278. The Morgan fingerprint density at radius 2 is 2.05 bits per heavy atom. The molecule has 0 saturated heterocycles. The van der Waals surface area contributed by atoms with E-state index < -0.39 is 0 Å². The summed E-state index contributed by atoms with van der Waals surface area (Å²) < 4.78 is 7.13. The highest BCUT2D eigenvalue weighted by Gasteiger charge is 2.22. The first-order chi connectivity index (χ1) is 10.1. The van der Waals surface area contributed by atoms with Crippen LogP contribution in [0.1, 0.15) is 47.4 Å². The molecule has 0 aliphatic heterocycles. The maximum absolute atomic E-state index is 11.8. The lowest BCUT2D eigenvalue weighted by Crippen LogP contribution is -2.16. The molecule has 2 aromatic rings. The van der Waals surface area contributed by atoms with E-state index >= 15 is 0 Å². The number of benzene rings is 2. The number of hydrogen-bond acceptors (Lipinski definition) is 2. The molecule has 1 atom stereocenters. The van der Waals surface area contributed by atoms with Crippen molar-refractivity contribution in [2.45, 2.75) is 32.3 Å². The minimum Gasteiger partial charge on any atom is -0.485 e. The second-order valence-corrected chi connectivity index (χ2v) is 6.31. The molecule has 0 N–H and O–H groups in total. The summed E-state index contributed by atoms with van der Waals surface area (Å²) in [6, 6.07) is 14.0. The first kappa shape index (κ1) is 14.3. The summed E-state index contributed by atoms with van der Waals surface area (Å²) in [5, 5.41) is 0. The minimum atomic E-state index is 0.0293. The van der Waals surface area contributed by atoms with E-state index in [9.17, 15) is 4.79 Å². The number of carbonyl (C=O) groups excluding carboxylic acids is 1. The van der Waals surface area contributed by atoms with Crippen LogP contribution in [-0.4, -0.2) is 5.78 Å². The predicted octanol–water partition coefficient (Wildman–Crippen LogP) is 5.11. The largest absolute Gasteiger partial charge is 0.485 e. The highest BCUT2D eigenvalue weighted by Crippen LogP contribution is 2.35. The Labute approximate surface area is 133 Å². The van der Waals surface area contributed by atoms with Gasteiger partial charge in [0.15, 0.2) is 5.78 Å². The second-order valence-electron chi connectivity index (χ2n) is 5.39. The Hall–Kier alpha value is -1.61. The van der Waals surface area contributed by atoms with Crippen molar-refractivity contribution in [1.29, 1.82) is 0 Å². The number of halogens is 1. The molecule has 1 aliphatic carbocycles. The third-order valence-corrected chi connectivity index (χ3v) is 4.40. The molecule has 108 valence electrons. The molecule has 0 aromatic heterocycles. The Bertz CT molecular complexity index is 679. The molecule has 21 heavy (non-hydrogen) atoms. The fourth-order valence-electron chi connectivity index (χ4n) is 2.87. The van der Waals surface area contributed by atoms with E-state index in [4.69, 9.17) is 4.74 Å². The summed E-state index contributed by atoms with van der Waals surface area (Å²) in [6.45, 7) is 1.57. The maximum atomic E-state index is 11.8. The van der Waals surface area contributed by atoms with E-state index in [1.165, 1.54) is 11.1 Å². The van der Waals surface area contributed by atoms with Crippen molar-refractivity contribution in [3.63, 3.8) is 0 Å². The van der Waals surface area contributed by atoms with Crippen molar-refractivity contribution < 1.29 is 9.53 Å². The lowest BCUT2D eigenvalue weighted by molar-refractivity contribution is 0.100. The molecule has 3 rings (SSSR count). The van der Waals surface area contributed by atoms with Crippen LogP contribution in [0.4, 0.5) is 0 Å². The van der Waals surface area contributed by atoms with Crippen LogP contribution in [0.3, 0.4) is 0 Å². The highest BCUT2D eigenvalue weighted by molar-refractivity contribution is 9.10. The van der Waals surface area contributed by atoms with Gasteiger partial charge in [0.05, 0.1) is 5.56 Å². The van der Waals surface area contributed by atoms with Crippen LogP contribution >= 0.6 is 15.9 Å². The Balaban J connectivity index is 1.95. The van der Waals surface area contributed by atoms with E-state index in [1.807, 2.05) is 24.3 Å². The molecule has 0 amide bonds. The van der Waals surface area contributed by atoms with Crippen molar-refractivity contribution in [2.75, 3.05) is 0 Å². The molecular weight excluding hydrogens is 328 g/mol. The number of Topliss-reactive ketones (excluding diaryl/α,β-unsaturated/α-hetero) is 1. The number of carbonyl (C=O) groups is 1. The van der Waals surface area contributed by atoms with Crippen molar-refractivity contribution in [2.24, 2.45) is 0 Å². The predicted molar refractivity (Wildman–Crippen MR) is 86.9 cm³/mol. The van der Waals surface area contributed by atoms with Crippen LogP contribution < -0.4 is 4.74 Å². The van der Waals surface area contributed by atoms with Crippen LogP contribution in [0, 0.1) is 0 Å². The van der Waals surface area contributed by atoms with Crippen molar-refractivity contribution in [1.82, 2.24) is 0 Å². The lowest BCUT2D eigenvalue weighted by Gasteiger charge is -2.27. The van der Waals surface area contributed by atoms with Crippen molar-refractivity contribution >= 4 is 21.7 Å². The van der Waals surface area contributed by atoms with Crippen molar-refractivity contribution in [3.05, 3.63) is 63.6 Å². The average Bonchev–Trinajstić information content (AvgIpc) is 2.47. The van der Waals surface area contributed by atoms with Gasteiger partial charge in [-0.3, -0.25) is 4.79 Å². The van der Waals surface area contributed by atoms with Gasteiger partial charge in [-0.25, -0.2) is 0 Å². The first-order valence-corrected chi connectivity index (χ1v) is 7.99. The highest BCUT2D eigenvalue weighted by atomic mass is 79.9. The first-order valence-electron chi connectivity index (χ1n) is 7.20. The molecule has 0 saturated carbocycles. The van der Waals surface area contributed by atoms with E-state index in [0.717, 1.165) is 23.7 Å². The van der Waals surface area contributed by atoms with Crippen molar-refractivity contribution in [3.8, 4) is 5.75 Å². The Morgan fingerprint density at radius 1 is 1.24 bits per heavy atom. The van der Waals surface area contributed by atoms with Crippen LogP contribution in [-0.2, 0) is 6.42 Å². The van der Waals surface area contributed by atoms with Gasteiger partial charge in [0.25, 0.3) is 0 Å². The second kappa shape index (κ2) is 6.02. The summed E-state index contributed by atoms with van der Waals surface area (Å²) in [5.74, 6) is 0.695. The number of hydrogen-bond donors (Lipinski definition) is 0. The third kappa shape index (κ3) is 3.03. The molecule has 0 radical (unpaired) electrons. The van der Waals surface area contributed by atoms with Gasteiger partial charge in [-0.1, -0.05) is 40.2 Å². The minimum absolute atomic E-state index is 0.0293. The smallest absolute Gasteiger partial charge is 0.163 e. The zero-order chi connectivity index (χ0) is 14.8. The van der Waals surface area contributed by atoms with E-state index in [1.54, 1.807) is 6.92 Å². The molecule has 0 heterocycles. The molecule has 0 bridgehead atoms. The maximum Gasteiger partial charge on any atom is 0.163 e. The van der Waals surface area contributed by atoms with Gasteiger partial charge in [0.1, 0.15) is 11.9 Å².